The minimum absolute atomic E-state index is 0. The van der Waals surface area contributed by atoms with E-state index in [0.29, 0.717) is 5.41 Å². The first-order chi connectivity index (χ1) is 5.54. The van der Waals surface area contributed by atoms with E-state index in [9.17, 15) is 4.79 Å². The van der Waals surface area contributed by atoms with Gasteiger partial charge in [-0.2, -0.15) is 0 Å². The molecule has 2 heteroatoms. The second-order valence-corrected chi connectivity index (χ2v) is 5.03. The molecule has 0 spiro atoms. The summed E-state index contributed by atoms with van der Waals surface area (Å²) in [6, 6.07) is 0. The molecule has 1 fully saturated rings. The van der Waals surface area contributed by atoms with Crippen molar-refractivity contribution in [3.8, 4) is 0 Å². The summed E-state index contributed by atoms with van der Waals surface area (Å²) in [6.07, 6.45) is 6.67. The van der Waals surface area contributed by atoms with Gasteiger partial charge in [-0.1, -0.05) is 46.5 Å². The fourth-order valence-corrected chi connectivity index (χ4v) is 2.08. The zero-order chi connectivity index (χ0) is 9.19. The first-order valence-corrected chi connectivity index (χ1v) is 4.91. The van der Waals surface area contributed by atoms with E-state index in [-0.39, 0.29) is 23.0 Å². The summed E-state index contributed by atoms with van der Waals surface area (Å²) >= 11 is 0. The maximum absolute atomic E-state index is 10.4. The van der Waals surface area contributed by atoms with Crippen LogP contribution < -0.4 is 0 Å². The molecule has 0 aromatic heterocycles. The summed E-state index contributed by atoms with van der Waals surface area (Å²) in [5.74, 6) is 1.05. The molecule has 0 aromatic carbocycles. The van der Waals surface area contributed by atoms with Gasteiger partial charge in [-0.05, 0) is 11.3 Å². The summed E-state index contributed by atoms with van der Waals surface area (Å²) < 4.78 is 0. The van der Waals surface area contributed by atoms with Gasteiger partial charge in [-0.25, -0.2) is 0 Å². The van der Waals surface area contributed by atoms with Crippen LogP contribution in [0.15, 0.2) is 0 Å². The zero-order valence-electron chi connectivity index (χ0n) is 8.77. The van der Waals surface area contributed by atoms with Crippen LogP contribution in [0, 0.1) is 17.3 Å². The fraction of sp³-hybridized carbons (Fsp3) is 0.909. The summed E-state index contributed by atoms with van der Waals surface area (Å²) in [6.45, 7) is 6.88. The first kappa shape index (κ1) is 13.2. The Kier molecular flexibility index (Phi) is 5.24. The molecular weight excluding hydrogens is 203 g/mol. The summed E-state index contributed by atoms with van der Waals surface area (Å²) in [5, 5.41) is 0. The minimum atomic E-state index is 0. The summed E-state index contributed by atoms with van der Waals surface area (Å²) in [7, 11) is 0. The topological polar surface area (TPSA) is 17.1 Å². The molecule has 0 saturated heterocycles. The van der Waals surface area contributed by atoms with Crippen LogP contribution in [0.25, 0.3) is 0 Å². The molecule has 13 heavy (non-hydrogen) atoms. The van der Waals surface area contributed by atoms with Gasteiger partial charge in [0.05, 0.1) is 0 Å². The Morgan fingerprint density at radius 3 is 1.85 bits per heavy atom. The molecule has 0 N–H and O–H groups in total. The molecule has 1 aliphatic rings. The molecular formula is C11H19MnO-. The number of carbonyl (C=O) groups excluding carboxylic acids is 1. The van der Waals surface area contributed by atoms with Crippen molar-refractivity contribution in [2.75, 3.05) is 0 Å². The van der Waals surface area contributed by atoms with E-state index < -0.39 is 0 Å². The Balaban J connectivity index is 0.00000144. The maximum Gasteiger partial charge on any atom is 0 e. The van der Waals surface area contributed by atoms with Crippen LogP contribution in [0.5, 0.6) is 0 Å². The quantitative estimate of drug-likeness (QED) is 0.492. The van der Waals surface area contributed by atoms with Crippen molar-refractivity contribution < 1.29 is 21.9 Å². The van der Waals surface area contributed by atoms with E-state index in [0.717, 1.165) is 18.8 Å². The van der Waals surface area contributed by atoms with Crippen LogP contribution >= 0.6 is 0 Å². The molecule has 0 unspecified atom stereocenters. The van der Waals surface area contributed by atoms with Crippen LogP contribution in [0.4, 0.5) is 0 Å². The predicted molar refractivity (Wildman–Crippen MR) is 50.6 cm³/mol. The van der Waals surface area contributed by atoms with Gasteiger partial charge in [0.2, 0.25) is 0 Å². The molecule has 1 nitrogen and oxygen atoms in total. The van der Waals surface area contributed by atoms with Crippen LogP contribution in [-0.4, -0.2) is 6.29 Å². The second-order valence-electron chi connectivity index (χ2n) is 5.03. The minimum Gasteiger partial charge on any atom is -0.542 e. The summed E-state index contributed by atoms with van der Waals surface area (Å²) in [5.41, 5.74) is 0.424. The van der Waals surface area contributed by atoms with Crippen LogP contribution in [0.3, 0.4) is 0 Å². The van der Waals surface area contributed by atoms with E-state index in [2.05, 4.69) is 27.1 Å². The SMILES string of the molecule is CC(C)(C)C1CCC([C-]=O)CC1.[Mn]. The van der Waals surface area contributed by atoms with Gasteiger partial charge >= 0.3 is 0 Å². The Morgan fingerprint density at radius 1 is 1.08 bits per heavy atom. The van der Waals surface area contributed by atoms with E-state index >= 15 is 0 Å². The van der Waals surface area contributed by atoms with Crippen molar-refractivity contribution in [1.29, 1.82) is 0 Å². The Morgan fingerprint density at radius 2 is 1.54 bits per heavy atom. The van der Waals surface area contributed by atoms with Gasteiger partial charge in [0, 0.05) is 17.1 Å². The monoisotopic (exact) mass is 222 g/mol. The van der Waals surface area contributed by atoms with Crippen molar-refractivity contribution in [3.63, 3.8) is 0 Å². The third-order valence-corrected chi connectivity index (χ3v) is 3.12. The standard InChI is InChI=1S/C11H19O.Mn/c1-11(2,3)10-6-4-9(8-12)5-7-10;/h9-10H,4-7H2,1-3H3;/q-1;. The molecule has 1 rings (SSSR count). The van der Waals surface area contributed by atoms with Crippen LogP contribution in [0.1, 0.15) is 46.5 Å². The van der Waals surface area contributed by atoms with Crippen molar-refractivity contribution in [1.82, 2.24) is 0 Å². The van der Waals surface area contributed by atoms with Gasteiger partial charge in [0.25, 0.3) is 0 Å². The fourth-order valence-electron chi connectivity index (χ4n) is 2.08. The summed E-state index contributed by atoms with van der Waals surface area (Å²) in [4.78, 5) is 10.4. The molecule has 77 valence electrons. The molecule has 1 aliphatic carbocycles. The smallest absolute Gasteiger partial charge is 0 e. The zero-order valence-corrected chi connectivity index (χ0v) is 9.95. The van der Waals surface area contributed by atoms with Crippen molar-refractivity contribution in [3.05, 3.63) is 0 Å². The van der Waals surface area contributed by atoms with Gasteiger partial charge in [-0.15, -0.1) is 5.92 Å². The number of rotatable bonds is 1. The molecule has 0 amide bonds. The number of hydrogen-bond acceptors (Lipinski definition) is 1. The van der Waals surface area contributed by atoms with Crippen LogP contribution in [0.2, 0.25) is 0 Å². The number of hydrogen-bond donors (Lipinski definition) is 0. The average Bonchev–Trinajstić information content (AvgIpc) is 2.03. The Bertz CT molecular complexity index is 152. The molecule has 1 radical (unpaired) electrons. The molecule has 0 aromatic rings. The van der Waals surface area contributed by atoms with Gasteiger partial charge in [0.1, 0.15) is 0 Å². The van der Waals surface area contributed by atoms with E-state index in [1.54, 1.807) is 0 Å². The van der Waals surface area contributed by atoms with Gasteiger partial charge in [-0.3, -0.25) is 6.29 Å². The maximum atomic E-state index is 10.4. The van der Waals surface area contributed by atoms with E-state index in [4.69, 9.17) is 0 Å². The van der Waals surface area contributed by atoms with Crippen LogP contribution in [-0.2, 0) is 21.9 Å². The molecule has 0 aliphatic heterocycles. The molecule has 0 bridgehead atoms. The van der Waals surface area contributed by atoms with Gasteiger partial charge in [0.15, 0.2) is 0 Å². The van der Waals surface area contributed by atoms with E-state index in [1.165, 1.54) is 12.8 Å². The Hall–Kier alpha value is 0.189. The molecule has 0 atom stereocenters. The van der Waals surface area contributed by atoms with E-state index in [1.807, 2.05) is 0 Å². The average molecular weight is 222 g/mol. The largest absolute Gasteiger partial charge is 0.542 e. The van der Waals surface area contributed by atoms with Crippen molar-refractivity contribution in [2.24, 2.45) is 17.3 Å². The van der Waals surface area contributed by atoms with Gasteiger partial charge < -0.3 is 4.79 Å². The molecule has 0 heterocycles. The second kappa shape index (κ2) is 5.17. The normalized spacial score (nSPS) is 29.2. The third-order valence-electron chi connectivity index (χ3n) is 3.12. The third kappa shape index (κ3) is 3.83. The first-order valence-electron chi connectivity index (χ1n) is 4.91. The van der Waals surface area contributed by atoms with Crippen molar-refractivity contribution in [2.45, 2.75) is 46.5 Å². The van der Waals surface area contributed by atoms with Crippen molar-refractivity contribution >= 4 is 6.29 Å². The molecule has 1 saturated carbocycles. The Labute approximate surface area is 92.1 Å². The predicted octanol–water partition coefficient (Wildman–Crippen LogP) is 2.95.